The van der Waals surface area contributed by atoms with Crippen LogP contribution in [0.25, 0.3) is 10.9 Å². The summed E-state index contributed by atoms with van der Waals surface area (Å²) in [7, 11) is 0. The molecule has 0 aliphatic carbocycles. The summed E-state index contributed by atoms with van der Waals surface area (Å²) in [5.41, 5.74) is 3.43. The number of aromatic nitrogens is 2. The second kappa shape index (κ2) is 6.66. The second-order valence-electron chi connectivity index (χ2n) is 4.89. The molecule has 0 amide bonds. The quantitative estimate of drug-likeness (QED) is 0.731. The van der Waals surface area contributed by atoms with Crippen LogP contribution in [-0.2, 0) is 13.0 Å². The third kappa shape index (κ3) is 3.38. The molecule has 2 aromatic heterocycles. The normalized spacial score (nSPS) is 10.9. The van der Waals surface area contributed by atoms with Gasteiger partial charge in [0.05, 0.1) is 5.52 Å². The first kappa shape index (κ1) is 14.0. The standard InChI is InChI=1S/C17H16ClN3/c18-16-4-3-14(17-15(16)2-1-8-21-17)12-20-11-7-13-5-9-19-10-6-13/h1-6,8-10,20H,7,11-12H2. The summed E-state index contributed by atoms with van der Waals surface area (Å²) in [4.78, 5) is 8.47. The van der Waals surface area contributed by atoms with Crippen LogP contribution in [0.4, 0.5) is 0 Å². The van der Waals surface area contributed by atoms with Crippen LogP contribution in [0, 0.1) is 0 Å². The SMILES string of the molecule is Clc1ccc(CNCCc2ccncc2)c2ncccc12. The van der Waals surface area contributed by atoms with Crippen molar-refractivity contribution in [2.75, 3.05) is 6.54 Å². The minimum atomic E-state index is 0.749. The summed E-state index contributed by atoms with van der Waals surface area (Å²) in [5, 5.41) is 5.21. The molecule has 21 heavy (non-hydrogen) atoms. The average Bonchev–Trinajstić information content (AvgIpc) is 2.55. The third-order valence-corrected chi connectivity index (χ3v) is 3.78. The zero-order chi connectivity index (χ0) is 14.5. The number of nitrogens with zero attached hydrogens (tertiary/aromatic N) is 2. The van der Waals surface area contributed by atoms with Crippen LogP contribution in [-0.4, -0.2) is 16.5 Å². The van der Waals surface area contributed by atoms with Gasteiger partial charge in [0.2, 0.25) is 0 Å². The van der Waals surface area contributed by atoms with Gasteiger partial charge in [-0.2, -0.15) is 0 Å². The Hall–Kier alpha value is -1.97. The van der Waals surface area contributed by atoms with Crippen molar-refractivity contribution in [2.45, 2.75) is 13.0 Å². The van der Waals surface area contributed by atoms with Crippen molar-refractivity contribution in [1.82, 2.24) is 15.3 Å². The number of rotatable bonds is 5. The van der Waals surface area contributed by atoms with Crippen molar-refractivity contribution < 1.29 is 0 Å². The van der Waals surface area contributed by atoms with Gasteiger partial charge in [0, 0.05) is 35.5 Å². The monoisotopic (exact) mass is 297 g/mol. The Balaban J connectivity index is 1.65. The van der Waals surface area contributed by atoms with E-state index in [1.165, 1.54) is 11.1 Å². The zero-order valence-corrected chi connectivity index (χ0v) is 12.3. The molecule has 2 heterocycles. The molecule has 3 aromatic rings. The summed E-state index contributed by atoms with van der Waals surface area (Å²) in [6.07, 6.45) is 6.44. The van der Waals surface area contributed by atoms with Gasteiger partial charge in [0.15, 0.2) is 0 Å². The van der Waals surface area contributed by atoms with Crippen molar-refractivity contribution in [1.29, 1.82) is 0 Å². The molecule has 4 heteroatoms. The maximum Gasteiger partial charge on any atom is 0.0761 e. The van der Waals surface area contributed by atoms with Gasteiger partial charge in [-0.15, -0.1) is 0 Å². The van der Waals surface area contributed by atoms with Crippen LogP contribution in [0.15, 0.2) is 55.0 Å². The number of halogens is 1. The van der Waals surface area contributed by atoms with E-state index in [0.29, 0.717) is 0 Å². The van der Waals surface area contributed by atoms with Crippen molar-refractivity contribution in [3.63, 3.8) is 0 Å². The molecular weight excluding hydrogens is 282 g/mol. The van der Waals surface area contributed by atoms with Gasteiger partial charge in [0.1, 0.15) is 0 Å². The summed E-state index contributed by atoms with van der Waals surface area (Å²) in [5.74, 6) is 0. The fourth-order valence-corrected chi connectivity index (χ4v) is 2.56. The Morgan fingerprint density at radius 2 is 1.86 bits per heavy atom. The Kier molecular flexibility index (Phi) is 4.43. The highest BCUT2D eigenvalue weighted by molar-refractivity contribution is 6.35. The number of benzene rings is 1. The van der Waals surface area contributed by atoms with Gasteiger partial charge < -0.3 is 5.32 Å². The van der Waals surface area contributed by atoms with Gasteiger partial charge in [-0.3, -0.25) is 9.97 Å². The Morgan fingerprint density at radius 1 is 1.00 bits per heavy atom. The molecule has 0 radical (unpaired) electrons. The van der Waals surface area contributed by atoms with Crippen molar-refractivity contribution in [2.24, 2.45) is 0 Å². The lowest BCUT2D eigenvalue weighted by Gasteiger charge is -2.08. The number of hydrogen-bond acceptors (Lipinski definition) is 3. The van der Waals surface area contributed by atoms with Gasteiger partial charge in [-0.1, -0.05) is 17.7 Å². The molecule has 3 rings (SSSR count). The van der Waals surface area contributed by atoms with E-state index in [9.17, 15) is 0 Å². The zero-order valence-electron chi connectivity index (χ0n) is 11.6. The summed E-state index contributed by atoms with van der Waals surface area (Å²) in [6.45, 7) is 1.71. The third-order valence-electron chi connectivity index (χ3n) is 3.46. The number of hydrogen-bond donors (Lipinski definition) is 1. The molecule has 3 nitrogen and oxygen atoms in total. The fourth-order valence-electron chi connectivity index (χ4n) is 2.34. The van der Waals surface area contributed by atoms with Crippen LogP contribution in [0.1, 0.15) is 11.1 Å². The predicted octanol–water partition coefficient (Wildman–Crippen LogP) is 3.62. The fraction of sp³-hybridized carbons (Fsp3) is 0.176. The van der Waals surface area contributed by atoms with Gasteiger partial charge in [0.25, 0.3) is 0 Å². The van der Waals surface area contributed by atoms with Crippen LogP contribution in [0.2, 0.25) is 5.02 Å². The van der Waals surface area contributed by atoms with Gasteiger partial charge >= 0.3 is 0 Å². The molecule has 0 unspecified atom stereocenters. The largest absolute Gasteiger partial charge is 0.312 e. The summed E-state index contributed by atoms with van der Waals surface area (Å²) < 4.78 is 0. The lowest BCUT2D eigenvalue weighted by Crippen LogP contribution is -2.17. The van der Waals surface area contributed by atoms with Crippen molar-refractivity contribution in [3.8, 4) is 0 Å². The van der Waals surface area contributed by atoms with Crippen molar-refractivity contribution in [3.05, 3.63) is 71.1 Å². The Morgan fingerprint density at radius 3 is 2.71 bits per heavy atom. The highest BCUT2D eigenvalue weighted by atomic mass is 35.5. The lowest BCUT2D eigenvalue weighted by atomic mass is 10.1. The lowest BCUT2D eigenvalue weighted by molar-refractivity contribution is 0.688. The minimum Gasteiger partial charge on any atom is -0.312 e. The molecule has 1 N–H and O–H groups in total. The molecule has 0 saturated heterocycles. The minimum absolute atomic E-state index is 0.749. The average molecular weight is 298 g/mol. The Bertz CT molecular complexity index is 728. The maximum atomic E-state index is 6.20. The second-order valence-corrected chi connectivity index (χ2v) is 5.30. The maximum absolute atomic E-state index is 6.20. The van der Waals surface area contributed by atoms with E-state index >= 15 is 0 Å². The van der Waals surface area contributed by atoms with E-state index in [-0.39, 0.29) is 0 Å². The van der Waals surface area contributed by atoms with E-state index in [2.05, 4.69) is 15.3 Å². The van der Waals surface area contributed by atoms with E-state index in [1.54, 1.807) is 6.20 Å². The summed E-state index contributed by atoms with van der Waals surface area (Å²) >= 11 is 6.20. The first-order valence-corrected chi connectivity index (χ1v) is 7.34. The van der Waals surface area contributed by atoms with Crippen LogP contribution in [0.5, 0.6) is 0 Å². The highest BCUT2D eigenvalue weighted by Crippen LogP contribution is 2.24. The van der Waals surface area contributed by atoms with E-state index in [0.717, 1.165) is 35.4 Å². The molecule has 0 aliphatic rings. The molecular formula is C17H16ClN3. The van der Waals surface area contributed by atoms with E-state index in [4.69, 9.17) is 11.6 Å². The molecule has 0 spiro atoms. The first-order valence-electron chi connectivity index (χ1n) is 6.96. The smallest absolute Gasteiger partial charge is 0.0761 e. The molecule has 0 aliphatic heterocycles. The van der Waals surface area contributed by atoms with Crippen molar-refractivity contribution >= 4 is 22.5 Å². The van der Waals surface area contributed by atoms with E-state index < -0.39 is 0 Å². The predicted molar refractivity (Wildman–Crippen MR) is 86.4 cm³/mol. The molecule has 0 saturated carbocycles. The molecule has 0 fully saturated rings. The molecule has 0 bridgehead atoms. The number of nitrogens with one attached hydrogen (secondary N) is 1. The molecule has 0 atom stereocenters. The number of fused-ring (bicyclic) bond motifs is 1. The Labute approximate surface area is 129 Å². The molecule has 1 aromatic carbocycles. The highest BCUT2D eigenvalue weighted by Gasteiger charge is 2.05. The van der Waals surface area contributed by atoms with Crippen LogP contribution < -0.4 is 5.32 Å². The van der Waals surface area contributed by atoms with E-state index in [1.807, 2.05) is 48.8 Å². The molecule has 106 valence electrons. The van der Waals surface area contributed by atoms with Crippen LogP contribution >= 0.6 is 11.6 Å². The summed E-state index contributed by atoms with van der Waals surface area (Å²) in [6, 6.07) is 12.0. The van der Waals surface area contributed by atoms with Gasteiger partial charge in [-0.05, 0) is 54.4 Å². The van der Waals surface area contributed by atoms with Crippen LogP contribution in [0.3, 0.4) is 0 Å². The first-order chi connectivity index (χ1) is 10.3. The number of pyridine rings is 2. The topological polar surface area (TPSA) is 37.8 Å². The van der Waals surface area contributed by atoms with Gasteiger partial charge in [-0.25, -0.2) is 0 Å².